The SMILES string of the molecule is C#CCNC(=NCc1ccc(-n2nc(C)cc2C)nc1)NCC.I. The Morgan fingerprint density at radius 3 is 2.67 bits per heavy atom. The van der Waals surface area contributed by atoms with Crippen LogP contribution in [0, 0.1) is 26.2 Å². The number of hydrogen-bond donors (Lipinski definition) is 2. The number of aryl methyl sites for hydroxylation is 2. The van der Waals surface area contributed by atoms with Crippen LogP contribution in [0.4, 0.5) is 0 Å². The summed E-state index contributed by atoms with van der Waals surface area (Å²) in [5.74, 6) is 4.04. The molecule has 7 heteroatoms. The molecule has 128 valence electrons. The van der Waals surface area contributed by atoms with Crippen LogP contribution in [-0.2, 0) is 6.54 Å². The Labute approximate surface area is 160 Å². The van der Waals surface area contributed by atoms with Gasteiger partial charge in [-0.1, -0.05) is 12.0 Å². The molecule has 2 aromatic rings. The third-order valence-corrected chi connectivity index (χ3v) is 3.16. The minimum atomic E-state index is 0. The maximum atomic E-state index is 5.25. The molecule has 0 aromatic carbocycles. The number of terminal acetylenes is 1. The highest BCUT2D eigenvalue weighted by Gasteiger charge is 2.05. The van der Waals surface area contributed by atoms with Gasteiger partial charge in [-0.2, -0.15) is 5.10 Å². The van der Waals surface area contributed by atoms with Crippen molar-refractivity contribution in [2.75, 3.05) is 13.1 Å². The number of nitrogens with one attached hydrogen (secondary N) is 2. The molecule has 0 aliphatic carbocycles. The molecule has 0 aliphatic rings. The van der Waals surface area contributed by atoms with E-state index in [1.54, 1.807) is 0 Å². The number of aliphatic imine (C=N–C) groups is 1. The molecule has 0 fully saturated rings. The van der Waals surface area contributed by atoms with Gasteiger partial charge in [-0.05, 0) is 38.5 Å². The van der Waals surface area contributed by atoms with Crippen LogP contribution in [0.5, 0.6) is 0 Å². The lowest BCUT2D eigenvalue weighted by Crippen LogP contribution is -2.37. The summed E-state index contributed by atoms with van der Waals surface area (Å²) in [5, 5.41) is 10.6. The predicted octanol–water partition coefficient (Wildman–Crippen LogP) is 2.19. The lowest BCUT2D eigenvalue weighted by Gasteiger charge is -2.09. The highest BCUT2D eigenvalue weighted by atomic mass is 127. The smallest absolute Gasteiger partial charge is 0.192 e. The number of aromatic nitrogens is 3. The van der Waals surface area contributed by atoms with E-state index in [2.05, 4.69) is 31.6 Å². The van der Waals surface area contributed by atoms with E-state index in [1.165, 1.54) is 0 Å². The first-order valence-electron chi connectivity index (χ1n) is 7.58. The second-order valence-electron chi connectivity index (χ2n) is 5.12. The summed E-state index contributed by atoms with van der Waals surface area (Å²) in [6.45, 7) is 7.76. The highest BCUT2D eigenvalue weighted by Crippen LogP contribution is 2.10. The van der Waals surface area contributed by atoms with Crippen LogP contribution >= 0.6 is 24.0 Å². The normalized spacial score (nSPS) is 10.7. The second kappa shape index (κ2) is 9.93. The minimum absolute atomic E-state index is 0. The van der Waals surface area contributed by atoms with Crippen LogP contribution in [-0.4, -0.2) is 33.8 Å². The number of halogens is 1. The van der Waals surface area contributed by atoms with Crippen molar-refractivity contribution in [1.29, 1.82) is 0 Å². The van der Waals surface area contributed by atoms with Crippen LogP contribution in [0.25, 0.3) is 5.82 Å². The lowest BCUT2D eigenvalue weighted by molar-refractivity contribution is 0.802. The van der Waals surface area contributed by atoms with Crippen molar-refractivity contribution in [3.63, 3.8) is 0 Å². The molecule has 2 heterocycles. The van der Waals surface area contributed by atoms with Gasteiger partial charge in [0, 0.05) is 18.4 Å². The zero-order valence-corrected chi connectivity index (χ0v) is 16.5. The van der Waals surface area contributed by atoms with Crippen LogP contribution in [0.15, 0.2) is 29.4 Å². The van der Waals surface area contributed by atoms with Gasteiger partial charge in [0.05, 0.1) is 18.8 Å². The molecule has 2 N–H and O–H groups in total. The maximum absolute atomic E-state index is 5.25. The van der Waals surface area contributed by atoms with Crippen molar-refractivity contribution in [2.45, 2.75) is 27.3 Å². The van der Waals surface area contributed by atoms with E-state index in [9.17, 15) is 0 Å². The van der Waals surface area contributed by atoms with E-state index >= 15 is 0 Å². The summed E-state index contributed by atoms with van der Waals surface area (Å²) < 4.78 is 1.83. The Bertz CT molecular complexity index is 712. The molecule has 0 aliphatic heterocycles. The molecule has 0 unspecified atom stereocenters. The summed E-state index contributed by atoms with van der Waals surface area (Å²) >= 11 is 0. The fraction of sp³-hybridized carbons (Fsp3) is 0.353. The molecule has 0 saturated heterocycles. The molecule has 2 aromatic heterocycles. The molecule has 0 amide bonds. The largest absolute Gasteiger partial charge is 0.357 e. The Hall–Kier alpha value is -2.08. The molecule has 2 rings (SSSR count). The topological polar surface area (TPSA) is 67.1 Å². The number of pyridine rings is 1. The molecule has 0 radical (unpaired) electrons. The Balaban J connectivity index is 0.00000288. The zero-order valence-electron chi connectivity index (χ0n) is 14.2. The molecule has 0 saturated carbocycles. The van der Waals surface area contributed by atoms with Crippen LogP contribution < -0.4 is 10.6 Å². The van der Waals surface area contributed by atoms with Gasteiger partial charge in [0.1, 0.15) is 0 Å². The lowest BCUT2D eigenvalue weighted by atomic mass is 10.3. The van der Waals surface area contributed by atoms with E-state index in [0.29, 0.717) is 19.0 Å². The second-order valence-corrected chi connectivity index (χ2v) is 5.12. The monoisotopic (exact) mass is 438 g/mol. The zero-order chi connectivity index (χ0) is 16.7. The standard InChI is InChI=1S/C17H22N6.HI/c1-5-9-19-17(18-6-2)21-12-15-7-8-16(20-11-15)23-14(4)10-13(3)22-23;/h1,7-8,10-11H,6,9,12H2,2-4H3,(H2,18,19,21);1H. The summed E-state index contributed by atoms with van der Waals surface area (Å²) in [6, 6.07) is 5.98. The van der Waals surface area contributed by atoms with Gasteiger partial charge < -0.3 is 10.6 Å². The summed E-state index contributed by atoms with van der Waals surface area (Å²) in [7, 11) is 0. The molecule has 0 bridgehead atoms. The molecular weight excluding hydrogens is 415 g/mol. The number of hydrogen-bond acceptors (Lipinski definition) is 3. The van der Waals surface area contributed by atoms with Gasteiger partial charge >= 0.3 is 0 Å². The highest BCUT2D eigenvalue weighted by molar-refractivity contribution is 14.0. The van der Waals surface area contributed by atoms with Crippen molar-refractivity contribution >= 4 is 29.9 Å². The Morgan fingerprint density at radius 1 is 1.33 bits per heavy atom. The first kappa shape index (κ1) is 20.0. The molecular formula is C17H23IN6. The van der Waals surface area contributed by atoms with Crippen molar-refractivity contribution in [3.05, 3.63) is 41.3 Å². The van der Waals surface area contributed by atoms with E-state index in [0.717, 1.165) is 29.3 Å². The predicted molar refractivity (Wildman–Crippen MR) is 108 cm³/mol. The molecule has 6 nitrogen and oxygen atoms in total. The van der Waals surface area contributed by atoms with E-state index in [1.807, 2.05) is 49.8 Å². The average Bonchev–Trinajstić information content (AvgIpc) is 2.89. The van der Waals surface area contributed by atoms with E-state index in [4.69, 9.17) is 6.42 Å². The first-order chi connectivity index (χ1) is 11.1. The van der Waals surface area contributed by atoms with Crippen molar-refractivity contribution in [3.8, 4) is 18.2 Å². The van der Waals surface area contributed by atoms with E-state index in [-0.39, 0.29) is 24.0 Å². The van der Waals surface area contributed by atoms with Crippen LogP contribution in [0.2, 0.25) is 0 Å². The molecule has 0 spiro atoms. The molecule has 0 atom stereocenters. The third kappa shape index (κ3) is 5.53. The van der Waals surface area contributed by atoms with Crippen molar-refractivity contribution < 1.29 is 0 Å². The summed E-state index contributed by atoms with van der Waals surface area (Å²) in [5.41, 5.74) is 3.06. The van der Waals surface area contributed by atoms with Crippen LogP contribution in [0.3, 0.4) is 0 Å². The van der Waals surface area contributed by atoms with Gasteiger partial charge in [0.15, 0.2) is 11.8 Å². The fourth-order valence-corrected chi connectivity index (χ4v) is 2.14. The Morgan fingerprint density at radius 2 is 2.12 bits per heavy atom. The quantitative estimate of drug-likeness (QED) is 0.325. The number of guanidine groups is 1. The van der Waals surface area contributed by atoms with Crippen LogP contribution in [0.1, 0.15) is 23.9 Å². The summed E-state index contributed by atoms with van der Waals surface area (Å²) in [4.78, 5) is 8.95. The fourth-order valence-electron chi connectivity index (χ4n) is 2.14. The van der Waals surface area contributed by atoms with Gasteiger partial charge in [0.2, 0.25) is 0 Å². The summed E-state index contributed by atoms with van der Waals surface area (Å²) in [6.07, 6.45) is 7.07. The number of rotatable bonds is 5. The minimum Gasteiger partial charge on any atom is -0.357 e. The van der Waals surface area contributed by atoms with Gasteiger partial charge in [-0.3, -0.25) is 0 Å². The average molecular weight is 438 g/mol. The first-order valence-corrected chi connectivity index (χ1v) is 7.58. The van der Waals surface area contributed by atoms with Crippen molar-refractivity contribution in [2.24, 2.45) is 4.99 Å². The maximum Gasteiger partial charge on any atom is 0.192 e. The van der Waals surface area contributed by atoms with Crippen molar-refractivity contribution in [1.82, 2.24) is 25.4 Å². The molecule has 24 heavy (non-hydrogen) atoms. The van der Waals surface area contributed by atoms with E-state index < -0.39 is 0 Å². The van der Waals surface area contributed by atoms with Gasteiger partial charge in [-0.25, -0.2) is 14.7 Å². The van der Waals surface area contributed by atoms with Gasteiger partial charge in [0.25, 0.3) is 0 Å². The Kier molecular flexibility index (Phi) is 8.26. The van der Waals surface area contributed by atoms with Gasteiger partial charge in [-0.15, -0.1) is 30.4 Å². The third-order valence-electron chi connectivity index (χ3n) is 3.16. The number of nitrogens with zero attached hydrogens (tertiary/aromatic N) is 4.